The van der Waals surface area contributed by atoms with E-state index in [0.717, 1.165) is 10.6 Å². The highest BCUT2D eigenvalue weighted by Gasteiger charge is 2.28. The van der Waals surface area contributed by atoms with Crippen LogP contribution < -0.4 is 10.6 Å². The lowest BCUT2D eigenvalue weighted by molar-refractivity contribution is -0.120. The molecule has 3 aromatic rings. The van der Waals surface area contributed by atoms with Crippen LogP contribution in [0.5, 0.6) is 0 Å². The zero-order chi connectivity index (χ0) is 24.1. The summed E-state index contributed by atoms with van der Waals surface area (Å²) in [5, 5.41) is 5.41. The zero-order valence-corrected chi connectivity index (χ0v) is 19.3. The first kappa shape index (κ1) is 23.5. The van der Waals surface area contributed by atoms with Crippen LogP contribution in [0, 0.1) is 0 Å². The Morgan fingerprint density at radius 2 is 1.74 bits per heavy atom. The molecule has 1 aliphatic heterocycles. The van der Waals surface area contributed by atoms with Gasteiger partial charge in [0, 0.05) is 27.6 Å². The molecule has 0 saturated heterocycles. The van der Waals surface area contributed by atoms with E-state index in [4.69, 9.17) is 16.3 Å². The van der Waals surface area contributed by atoms with Crippen molar-refractivity contribution in [1.82, 2.24) is 0 Å². The molecular formula is C25H19ClN2O5S. The van der Waals surface area contributed by atoms with Crippen molar-refractivity contribution in [1.29, 1.82) is 0 Å². The Morgan fingerprint density at radius 1 is 0.971 bits per heavy atom. The van der Waals surface area contributed by atoms with E-state index in [1.807, 2.05) is 24.3 Å². The Balaban J connectivity index is 1.28. The van der Waals surface area contributed by atoms with E-state index in [2.05, 4.69) is 10.6 Å². The van der Waals surface area contributed by atoms with E-state index in [0.29, 0.717) is 16.3 Å². The molecule has 0 fully saturated rings. The van der Waals surface area contributed by atoms with Gasteiger partial charge in [0.05, 0.1) is 16.5 Å². The van der Waals surface area contributed by atoms with Crippen molar-refractivity contribution in [3.63, 3.8) is 0 Å². The summed E-state index contributed by atoms with van der Waals surface area (Å²) in [6, 6.07) is 19.9. The lowest BCUT2D eigenvalue weighted by Gasteiger charge is -2.23. The number of thioether (sulfide) groups is 1. The maximum absolute atomic E-state index is 12.5. The molecule has 0 spiro atoms. The van der Waals surface area contributed by atoms with Crippen molar-refractivity contribution in [3.8, 4) is 0 Å². The number of nitrogens with one attached hydrogen (secondary N) is 2. The molecule has 0 saturated carbocycles. The minimum atomic E-state index is -0.665. The molecule has 172 valence electrons. The van der Waals surface area contributed by atoms with Crippen LogP contribution in [0.1, 0.15) is 27.1 Å². The number of amides is 2. The van der Waals surface area contributed by atoms with Gasteiger partial charge < -0.3 is 15.4 Å². The number of halogens is 1. The first-order valence-electron chi connectivity index (χ1n) is 10.3. The van der Waals surface area contributed by atoms with Gasteiger partial charge in [0.15, 0.2) is 12.4 Å². The van der Waals surface area contributed by atoms with Crippen LogP contribution in [0.3, 0.4) is 0 Å². The molecule has 3 aromatic carbocycles. The van der Waals surface area contributed by atoms with Crippen molar-refractivity contribution >= 4 is 58.3 Å². The van der Waals surface area contributed by atoms with E-state index in [-0.39, 0.29) is 29.6 Å². The number of fused-ring (bicyclic) bond motifs is 1. The first-order valence-corrected chi connectivity index (χ1v) is 11.6. The first-order chi connectivity index (χ1) is 16.4. The predicted molar refractivity (Wildman–Crippen MR) is 130 cm³/mol. The SMILES string of the molecule is O=C(CC1Sc2ccccc2NC1=O)Nc1ccc(C(=O)OCC(=O)c2cccc(Cl)c2)cc1. The van der Waals surface area contributed by atoms with Crippen molar-refractivity contribution in [2.24, 2.45) is 0 Å². The van der Waals surface area contributed by atoms with Gasteiger partial charge in [-0.05, 0) is 48.5 Å². The number of hydrogen-bond acceptors (Lipinski definition) is 6. The molecule has 9 heteroatoms. The zero-order valence-electron chi connectivity index (χ0n) is 17.7. The number of anilines is 2. The Labute approximate surface area is 204 Å². The molecule has 0 bridgehead atoms. The summed E-state index contributed by atoms with van der Waals surface area (Å²) in [4.78, 5) is 50.0. The van der Waals surface area contributed by atoms with Gasteiger partial charge in [0.25, 0.3) is 0 Å². The van der Waals surface area contributed by atoms with E-state index in [1.54, 1.807) is 30.3 Å². The topological polar surface area (TPSA) is 102 Å². The molecule has 1 aliphatic rings. The standard InChI is InChI=1S/C25H19ClN2O5S/c26-17-5-3-4-16(12-17)20(29)14-33-25(32)15-8-10-18(11-9-15)27-23(30)13-22-24(31)28-19-6-1-2-7-21(19)34-22/h1-12,22H,13-14H2,(H,27,30)(H,28,31). The smallest absolute Gasteiger partial charge is 0.338 e. The summed E-state index contributed by atoms with van der Waals surface area (Å²) < 4.78 is 5.08. The summed E-state index contributed by atoms with van der Waals surface area (Å²) in [6.07, 6.45) is 0.000240. The quantitative estimate of drug-likeness (QED) is 0.360. The number of carbonyl (C=O) groups is 4. The molecule has 2 amide bonds. The van der Waals surface area contributed by atoms with Crippen molar-refractivity contribution < 1.29 is 23.9 Å². The monoisotopic (exact) mass is 494 g/mol. The number of hydrogen-bond donors (Lipinski definition) is 2. The van der Waals surface area contributed by atoms with Gasteiger partial charge in [-0.25, -0.2) is 4.79 Å². The van der Waals surface area contributed by atoms with Crippen LogP contribution in [-0.2, 0) is 14.3 Å². The lowest BCUT2D eigenvalue weighted by Crippen LogP contribution is -2.32. The second kappa shape index (κ2) is 10.5. The van der Waals surface area contributed by atoms with Gasteiger partial charge in [-0.2, -0.15) is 0 Å². The average Bonchev–Trinajstić information content (AvgIpc) is 2.83. The molecule has 0 aromatic heterocycles. The fourth-order valence-corrected chi connectivity index (χ4v) is 4.56. The van der Waals surface area contributed by atoms with Crippen LogP contribution >= 0.6 is 23.4 Å². The van der Waals surface area contributed by atoms with Crippen molar-refractivity contribution in [3.05, 3.63) is 88.9 Å². The van der Waals surface area contributed by atoms with Gasteiger partial charge in [-0.3, -0.25) is 14.4 Å². The van der Waals surface area contributed by atoms with Gasteiger partial charge >= 0.3 is 5.97 Å². The predicted octanol–water partition coefficient (Wildman–Crippen LogP) is 4.82. The number of benzene rings is 3. The average molecular weight is 495 g/mol. The molecule has 0 aliphatic carbocycles. The van der Waals surface area contributed by atoms with Crippen molar-refractivity contribution in [2.45, 2.75) is 16.6 Å². The Morgan fingerprint density at radius 3 is 2.50 bits per heavy atom. The summed E-state index contributed by atoms with van der Waals surface area (Å²) in [7, 11) is 0. The lowest BCUT2D eigenvalue weighted by atomic mass is 10.1. The van der Waals surface area contributed by atoms with Gasteiger partial charge in [0.1, 0.15) is 0 Å². The number of ketones is 1. The van der Waals surface area contributed by atoms with Crippen molar-refractivity contribution in [2.75, 3.05) is 17.2 Å². The normalized spacial score (nSPS) is 14.5. The Hall–Kier alpha value is -3.62. The Bertz CT molecular complexity index is 1260. The highest BCUT2D eigenvalue weighted by molar-refractivity contribution is 8.01. The maximum atomic E-state index is 12.5. The second-order valence-corrected chi connectivity index (χ2v) is 9.11. The largest absolute Gasteiger partial charge is 0.454 e. The van der Waals surface area contributed by atoms with Crippen LogP contribution in [0.2, 0.25) is 5.02 Å². The van der Waals surface area contributed by atoms with Crippen LogP contribution in [0.25, 0.3) is 0 Å². The van der Waals surface area contributed by atoms with Gasteiger partial charge in [-0.15, -0.1) is 11.8 Å². The van der Waals surface area contributed by atoms with Crippen LogP contribution in [-0.4, -0.2) is 35.4 Å². The molecule has 1 atom stereocenters. The molecule has 34 heavy (non-hydrogen) atoms. The number of carbonyl (C=O) groups excluding carboxylic acids is 4. The molecule has 1 heterocycles. The van der Waals surface area contributed by atoms with Gasteiger partial charge in [0.2, 0.25) is 11.8 Å². The fourth-order valence-electron chi connectivity index (χ4n) is 3.26. The summed E-state index contributed by atoms with van der Waals surface area (Å²) in [5.74, 6) is -1.58. The second-order valence-electron chi connectivity index (χ2n) is 7.43. The molecule has 1 unspecified atom stereocenters. The third-order valence-electron chi connectivity index (χ3n) is 4.96. The van der Waals surface area contributed by atoms with Crippen LogP contribution in [0.15, 0.2) is 77.7 Å². The number of rotatable bonds is 7. The molecule has 7 nitrogen and oxygen atoms in total. The van der Waals surface area contributed by atoms with Gasteiger partial charge in [-0.1, -0.05) is 35.9 Å². The molecular weight excluding hydrogens is 476 g/mol. The number of para-hydroxylation sites is 1. The highest BCUT2D eigenvalue weighted by atomic mass is 35.5. The molecule has 2 N–H and O–H groups in total. The van der Waals surface area contributed by atoms with Crippen LogP contribution in [0.4, 0.5) is 11.4 Å². The number of ether oxygens (including phenoxy) is 1. The van der Waals surface area contributed by atoms with E-state index >= 15 is 0 Å². The maximum Gasteiger partial charge on any atom is 0.338 e. The number of Topliss-reactive ketones (excluding diaryl/α,β-unsaturated/α-hetero) is 1. The summed E-state index contributed by atoms with van der Waals surface area (Å²) in [6.45, 7) is -0.415. The van der Waals surface area contributed by atoms with E-state index < -0.39 is 17.8 Å². The van der Waals surface area contributed by atoms with E-state index in [9.17, 15) is 19.2 Å². The fraction of sp³-hybridized carbons (Fsp3) is 0.120. The Kier molecular flexibility index (Phi) is 7.30. The van der Waals surface area contributed by atoms with E-state index in [1.165, 1.54) is 30.0 Å². The molecule has 0 radical (unpaired) electrons. The minimum absolute atomic E-state index is 0.000240. The third-order valence-corrected chi connectivity index (χ3v) is 6.47. The summed E-state index contributed by atoms with van der Waals surface area (Å²) >= 11 is 7.22. The minimum Gasteiger partial charge on any atom is -0.454 e. The summed E-state index contributed by atoms with van der Waals surface area (Å²) in [5.41, 5.74) is 1.80. The molecule has 4 rings (SSSR count). The highest BCUT2D eigenvalue weighted by Crippen LogP contribution is 2.36. The number of esters is 1. The third kappa shape index (κ3) is 5.84.